The molecule has 1 amide bonds. The molecule has 0 aromatic heterocycles. The lowest BCUT2D eigenvalue weighted by molar-refractivity contribution is -0.111. The number of hydrogen-bond acceptors (Lipinski definition) is 4. The highest BCUT2D eigenvalue weighted by Crippen LogP contribution is 2.32. The third-order valence-electron chi connectivity index (χ3n) is 3.18. The first kappa shape index (κ1) is 14.9. The lowest BCUT2D eigenvalue weighted by Crippen LogP contribution is -2.07. The number of nitriles is 1. The van der Waals surface area contributed by atoms with E-state index in [-0.39, 0.29) is 12.7 Å². The Hall–Kier alpha value is -2.97. The van der Waals surface area contributed by atoms with Gasteiger partial charge in [-0.1, -0.05) is 17.7 Å². The fourth-order valence-electron chi connectivity index (χ4n) is 2.06. The van der Waals surface area contributed by atoms with Crippen molar-refractivity contribution >= 4 is 29.3 Å². The number of amides is 1. The number of nitrogens with one attached hydrogen (secondary N) is 1. The van der Waals surface area contributed by atoms with Gasteiger partial charge >= 0.3 is 0 Å². The molecule has 1 N–H and O–H groups in total. The first-order valence-corrected chi connectivity index (χ1v) is 7.12. The van der Waals surface area contributed by atoms with Gasteiger partial charge in [0.15, 0.2) is 11.5 Å². The van der Waals surface area contributed by atoms with Crippen LogP contribution < -0.4 is 14.8 Å². The summed E-state index contributed by atoms with van der Waals surface area (Å²) in [5, 5.41) is 11.8. The molecule has 23 heavy (non-hydrogen) atoms. The molecule has 5 nitrogen and oxygen atoms in total. The highest BCUT2D eigenvalue weighted by molar-refractivity contribution is 6.32. The molecule has 0 aliphatic carbocycles. The molecule has 0 radical (unpaired) electrons. The molecule has 0 saturated carbocycles. The molecule has 6 heteroatoms. The second-order valence-electron chi connectivity index (χ2n) is 4.74. The Balaban J connectivity index is 1.67. The minimum Gasteiger partial charge on any atom is -0.454 e. The number of ether oxygens (including phenoxy) is 2. The Morgan fingerprint density at radius 3 is 2.83 bits per heavy atom. The number of anilines is 1. The van der Waals surface area contributed by atoms with Crippen LogP contribution in [0, 0.1) is 11.3 Å². The van der Waals surface area contributed by atoms with Gasteiger partial charge in [-0.2, -0.15) is 5.26 Å². The summed E-state index contributed by atoms with van der Waals surface area (Å²) in [6, 6.07) is 12.1. The summed E-state index contributed by atoms with van der Waals surface area (Å²) in [4.78, 5) is 11.9. The predicted molar refractivity (Wildman–Crippen MR) is 86.4 cm³/mol. The largest absolute Gasteiger partial charge is 0.454 e. The van der Waals surface area contributed by atoms with Crippen LogP contribution in [0.2, 0.25) is 5.02 Å². The van der Waals surface area contributed by atoms with Gasteiger partial charge in [0.05, 0.1) is 10.6 Å². The Labute approximate surface area is 137 Å². The monoisotopic (exact) mass is 326 g/mol. The zero-order valence-electron chi connectivity index (χ0n) is 11.9. The van der Waals surface area contributed by atoms with E-state index in [1.807, 2.05) is 12.1 Å². The van der Waals surface area contributed by atoms with Crippen LogP contribution in [0.1, 0.15) is 11.1 Å². The smallest absolute Gasteiger partial charge is 0.248 e. The SMILES string of the molecule is N#Cc1ccc(NC(=O)/C=C/c2ccc3c(c2)OCO3)cc1Cl. The standard InChI is InChI=1S/C17H11ClN2O3/c18-14-8-13(4-3-12(14)9-19)20-17(21)6-2-11-1-5-15-16(7-11)23-10-22-15/h1-8H,10H2,(H,20,21)/b6-2+. The van der Waals surface area contributed by atoms with Crippen molar-refractivity contribution in [2.24, 2.45) is 0 Å². The molecule has 2 aromatic carbocycles. The molecule has 0 bridgehead atoms. The van der Waals surface area contributed by atoms with Crippen molar-refractivity contribution < 1.29 is 14.3 Å². The van der Waals surface area contributed by atoms with Crippen LogP contribution in [0.5, 0.6) is 11.5 Å². The van der Waals surface area contributed by atoms with Crippen molar-refractivity contribution in [3.05, 3.63) is 58.6 Å². The molecule has 0 saturated heterocycles. The number of hydrogen-bond donors (Lipinski definition) is 1. The summed E-state index contributed by atoms with van der Waals surface area (Å²) >= 11 is 5.92. The van der Waals surface area contributed by atoms with Gasteiger partial charge in [-0.15, -0.1) is 0 Å². The molecular weight excluding hydrogens is 316 g/mol. The van der Waals surface area contributed by atoms with E-state index in [0.717, 1.165) is 5.56 Å². The maximum absolute atomic E-state index is 11.9. The first-order valence-electron chi connectivity index (χ1n) is 6.74. The molecule has 1 heterocycles. The molecule has 0 atom stereocenters. The third-order valence-corrected chi connectivity index (χ3v) is 3.49. The summed E-state index contributed by atoms with van der Waals surface area (Å²) < 4.78 is 10.5. The molecule has 1 aliphatic heterocycles. The molecular formula is C17H11ClN2O3. The maximum Gasteiger partial charge on any atom is 0.248 e. The fourth-order valence-corrected chi connectivity index (χ4v) is 2.28. The lowest BCUT2D eigenvalue weighted by Gasteiger charge is -2.03. The second kappa shape index (κ2) is 6.42. The number of nitrogens with zero attached hydrogens (tertiary/aromatic N) is 1. The van der Waals surface area contributed by atoms with E-state index in [2.05, 4.69) is 5.32 Å². The van der Waals surface area contributed by atoms with Crippen molar-refractivity contribution in [3.63, 3.8) is 0 Å². The van der Waals surface area contributed by atoms with Gasteiger partial charge in [-0.25, -0.2) is 0 Å². The van der Waals surface area contributed by atoms with Crippen molar-refractivity contribution in [1.29, 1.82) is 5.26 Å². The van der Waals surface area contributed by atoms with Gasteiger partial charge < -0.3 is 14.8 Å². The molecule has 0 unspecified atom stereocenters. The summed E-state index contributed by atoms with van der Waals surface area (Å²) in [5.74, 6) is 1.05. The average molecular weight is 327 g/mol. The number of benzene rings is 2. The van der Waals surface area contributed by atoms with Crippen molar-refractivity contribution in [3.8, 4) is 17.6 Å². The zero-order valence-corrected chi connectivity index (χ0v) is 12.6. The van der Waals surface area contributed by atoms with Crippen molar-refractivity contribution in [2.45, 2.75) is 0 Å². The number of carbonyl (C=O) groups is 1. The lowest BCUT2D eigenvalue weighted by atomic mass is 10.2. The first-order chi connectivity index (χ1) is 11.2. The summed E-state index contributed by atoms with van der Waals surface area (Å²) in [7, 11) is 0. The Morgan fingerprint density at radius 1 is 1.22 bits per heavy atom. The second-order valence-corrected chi connectivity index (χ2v) is 5.15. The maximum atomic E-state index is 11.9. The molecule has 0 spiro atoms. The number of carbonyl (C=O) groups excluding carboxylic acids is 1. The van der Waals surface area contributed by atoms with Gasteiger partial charge in [0.25, 0.3) is 0 Å². The third kappa shape index (κ3) is 3.44. The van der Waals surface area contributed by atoms with Crippen LogP contribution in [-0.4, -0.2) is 12.7 Å². The van der Waals surface area contributed by atoms with Crippen LogP contribution in [0.3, 0.4) is 0 Å². The molecule has 1 aliphatic rings. The van der Waals surface area contributed by atoms with Gasteiger partial charge in [-0.3, -0.25) is 4.79 Å². The number of rotatable bonds is 3. The highest BCUT2D eigenvalue weighted by Gasteiger charge is 2.12. The number of halogens is 1. The van der Waals surface area contributed by atoms with E-state index in [9.17, 15) is 4.79 Å². The summed E-state index contributed by atoms with van der Waals surface area (Å²) in [6.45, 7) is 0.211. The van der Waals surface area contributed by atoms with E-state index < -0.39 is 0 Å². The van der Waals surface area contributed by atoms with E-state index in [1.54, 1.807) is 30.3 Å². The van der Waals surface area contributed by atoms with Crippen LogP contribution in [0.4, 0.5) is 5.69 Å². The van der Waals surface area contributed by atoms with E-state index in [0.29, 0.717) is 27.8 Å². The van der Waals surface area contributed by atoms with Gasteiger partial charge in [-0.05, 0) is 42.0 Å². The van der Waals surface area contributed by atoms with E-state index in [1.165, 1.54) is 12.1 Å². The summed E-state index contributed by atoms with van der Waals surface area (Å²) in [6.07, 6.45) is 3.08. The van der Waals surface area contributed by atoms with Gasteiger partial charge in [0, 0.05) is 11.8 Å². The minimum absolute atomic E-state index is 0.211. The quantitative estimate of drug-likeness (QED) is 0.875. The Kier molecular flexibility index (Phi) is 4.18. The van der Waals surface area contributed by atoms with Crippen LogP contribution in [0.25, 0.3) is 6.08 Å². The predicted octanol–water partition coefficient (Wildman–Crippen LogP) is 3.59. The Morgan fingerprint density at radius 2 is 2.04 bits per heavy atom. The Bertz CT molecular complexity index is 840. The van der Waals surface area contributed by atoms with Crippen LogP contribution >= 0.6 is 11.6 Å². The molecule has 0 fully saturated rings. The summed E-state index contributed by atoms with van der Waals surface area (Å²) in [5.41, 5.74) is 1.71. The van der Waals surface area contributed by atoms with Gasteiger partial charge in [0.1, 0.15) is 6.07 Å². The van der Waals surface area contributed by atoms with Crippen LogP contribution in [0.15, 0.2) is 42.5 Å². The fraction of sp³-hybridized carbons (Fsp3) is 0.0588. The normalized spacial score (nSPS) is 12.2. The van der Waals surface area contributed by atoms with Crippen LogP contribution in [-0.2, 0) is 4.79 Å². The van der Waals surface area contributed by atoms with Gasteiger partial charge in [0.2, 0.25) is 12.7 Å². The van der Waals surface area contributed by atoms with Crippen molar-refractivity contribution in [2.75, 3.05) is 12.1 Å². The topological polar surface area (TPSA) is 71.4 Å². The minimum atomic E-state index is -0.302. The molecule has 2 aromatic rings. The van der Waals surface area contributed by atoms with E-state index in [4.69, 9.17) is 26.3 Å². The molecule has 114 valence electrons. The average Bonchev–Trinajstić information content (AvgIpc) is 3.01. The van der Waals surface area contributed by atoms with Crippen molar-refractivity contribution in [1.82, 2.24) is 0 Å². The highest BCUT2D eigenvalue weighted by atomic mass is 35.5. The molecule has 3 rings (SSSR count). The zero-order chi connectivity index (χ0) is 16.2. The van der Waals surface area contributed by atoms with E-state index >= 15 is 0 Å². The number of fused-ring (bicyclic) bond motifs is 1.